The van der Waals surface area contributed by atoms with E-state index in [4.69, 9.17) is 0 Å². The van der Waals surface area contributed by atoms with E-state index in [1.165, 1.54) is 29.5 Å². The molecule has 0 N–H and O–H groups in total. The fourth-order valence-corrected chi connectivity index (χ4v) is 1.82. The van der Waals surface area contributed by atoms with Crippen LogP contribution >= 0.6 is 15.9 Å². The third-order valence-electron chi connectivity index (χ3n) is 2.30. The van der Waals surface area contributed by atoms with Crippen LogP contribution in [0.2, 0.25) is 0 Å². The first-order valence-corrected chi connectivity index (χ1v) is 5.11. The average Bonchev–Trinajstić information content (AvgIpc) is 2.00. The lowest BCUT2D eigenvalue weighted by Gasteiger charge is -2.30. The third-order valence-corrected chi connectivity index (χ3v) is 3.07. The number of benzene rings is 1. The zero-order valence-corrected chi connectivity index (χ0v) is 8.55. The van der Waals surface area contributed by atoms with Gasteiger partial charge in [-0.2, -0.15) is 0 Å². The van der Waals surface area contributed by atoms with Gasteiger partial charge in [-0.15, -0.1) is 0 Å². The molecule has 12 heavy (non-hydrogen) atoms. The van der Waals surface area contributed by atoms with E-state index in [-0.39, 0.29) is 0 Å². The van der Waals surface area contributed by atoms with E-state index < -0.39 is 0 Å². The third kappa shape index (κ3) is 1.70. The molecular weight excluding hydrogens is 214 g/mol. The van der Waals surface area contributed by atoms with Crippen molar-refractivity contribution in [2.75, 3.05) is 13.1 Å². The average molecular weight is 226 g/mol. The molecule has 1 aliphatic heterocycles. The molecule has 0 atom stereocenters. The summed E-state index contributed by atoms with van der Waals surface area (Å²) in [6.45, 7) is 3.63. The van der Waals surface area contributed by atoms with Crippen molar-refractivity contribution < 1.29 is 0 Å². The summed E-state index contributed by atoms with van der Waals surface area (Å²) in [5.41, 5.74) is 1.40. The second kappa shape index (κ2) is 3.58. The van der Waals surface area contributed by atoms with Crippen LogP contribution in [-0.2, 0) is 6.54 Å². The summed E-state index contributed by atoms with van der Waals surface area (Å²) in [6, 6.07) is 8.45. The number of rotatable bonds is 2. The summed E-state index contributed by atoms with van der Waals surface area (Å²) >= 11 is 3.55. The summed E-state index contributed by atoms with van der Waals surface area (Å²) in [6.07, 6.45) is 1.37. The lowest BCUT2D eigenvalue weighted by Crippen LogP contribution is -2.36. The van der Waals surface area contributed by atoms with Crippen molar-refractivity contribution in [2.24, 2.45) is 0 Å². The Bertz CT molecular complexity index is 268. The van der Waals surface area contributed by atoms with Crippen molar-refractivity contribution in [1.29, 1.82) is 0 Å². The first-order chi connectivity index (χ1) is 5.86. The van der Waals surface area contributed by atoms with Crippen molar-refractivity contribution in [3.8, 4) is 0 Å². The van der Waals surface area contributed by atoms with Crippen LogP contribution in [0, 0.1) is 0 Å². The van der Waals surface area contributed by atoms with Gasteiger partial charge in [0, 0.05) is 11.0 Å². The largest absolute Gasteiger partial charge is 0.299 e. The normalized spacial score (nSPS) is 17.4. The van der Waals surface area contributed by atoms with Crippen LogP contribution in [0.4, 0.5) is 0 Å². The highest BCUT2D eigenvalue weighted by Gasteiger charge is 2.14. The van der Waals surface area contributed by atoms with Crippen molar-refractivity contribution >= 4 is 15.9 Å². The van der Waals surface area contributed by atoms with Crippen LogP contribution < -0.4 is 0 Å². The van der Waals surface area contributed by atoms with Crippen LogP contribution in [0.25, 0.3) is 0 Å². The van der Waals surface area contributed by atoms with Gasteiger partial charge in [-0.1, -0.05) is 34.1 Å². The molecule has 1 heterocycles. The van der Waals surface area contributed by atoms with Crippen LogP contribution in [0.3, 0.4) is 0 Å². The van der Waals surface area contributed by atoms with E-state index >= 15 is 0 Å². The summed E-state index contributed by atoms with van der Waals surface area (Å²) in [5, 5.41) is 0. The summed E-state index contributed by atoms with van der Waals surface area (Å²) in [7, 11) is 0. The van der Waals surface area contributed by atoms with E-state index in [1.807, 2.05) is 0 Å². The molecule has 0 radical (unpaired) electrons. The van der Waals surface area contributed by atoms with Crippen molar-refractivity contribution in [3.05, 3.63) is 34.3 Å². The van der Waals surface area contributed by atoms with Gasteiger partial charge in [-0.05, 0) is 31.1 Å². The molecule has 0 unspecified atom stereocenters. The van der Waals surface area contributed by atoms with Crippen LogP contribution in [-0.4, -0.2) is 18.0 Å². The van der Waals surface area contributed by atoms with Gasteiger partial charge < -0.3 is 0 Å². The smallest absolute Gasteiger partial charge is 0.0244 e. The molecule has 1 fully saturated rings. The Balaban J connectivity index is 2.06. The molecule has 0 spiro atoms. The van der Waals surface area contributed by atoms with Gasteiger partial charge in [-0.25, -0.2) is 0 Å². The highest BCUT2D eigenvalue weighted by molar-refractivity contribution is 9.10. The molecule has 0 saturated carbocycles. The Morgan fingerprint density at radius 3 is 2.58 bits per heavy atom. The zero-order valence-electron chi connectivity index (χ0n) is 6.96. The maximum atomic E-state index is 3.55. The topological polar surface area (TPSA) is 3.24 Å². The minimum Gasteiger partial charge on any atom is -0.299 e. The second-order valence-electron chi connectivity index (χ2n) is 3.22. The molecule has 64 valence electrons. The van der Waals surface area contributed by atoms with Gasteiger partial charge >= 0.3 is 0 Å². The monoisotopic (exact) mass is 225 g/mol. The summed E-state index contributed by atoms with van der Waals surface area (Å²) in [5.74, 6) is 0. The Kier molecular flexibility index (Phi) is 2.47. The quantitative estimate of drug-likeness (QED) is 0.749. The molecule has 1 aliphatic rings. The van der Waals surface area contributed by atoms with Gasteiger partial charge in [-0.3, -0.25) is 4.90 Å². The molecule has 0 aliphatic carbocycles. The fraction of sp³-hybridized carbons (Fsp3) is 0.400. The Morgan fingerprint density at radius 1 is 1.25 bits per heavy atom. The molecule has 0 amide bonds. The van der Waals surface area contributed by atoms with E-state index in [0.29, 0.717) is 0 Å². The van der Waals surface area contributed by atoms with Gasteiger partial charge in [0.25, 0.3) is 0 Å². The second-order valence-corrected chi connectivity index (χ2v) is 4.08. The Morgan fingerprint density at radius 2 is 2.00 bits per heavy atom. The highest BCUT2D eigenvalue weighted by Crippen LogP contribution is 2.19. The molecule has 1 aromatic carbocycles. The SMILES string of the molecule is Brc1ccccc1CN1CCC1. The van der Waals surface area contributed by atoms with Crippen LogP contribution in [0.5, 0.6) is 0 Å². The number of likely N-dealkylation sites (tertiary alicyclic amines) is 1. The molecule has 2 heteroatoms. The lowest BCUT2D eigenvalue weighted by atomic mass is 10.1. The van der Waals surface area contributed by atoms with Gasteiger partial charge in [0.1, 0.15) is 0 Å². The molecule has 1 saturated heterocycles. The first kappa shape index (κ1) is 8.27. The van der Waals surface area contributed by atoms with E-state index in [0.717, 1.165) is 6.54 Å². The molecule has 0 aromatic heterocycles. The van der Waals surface area contributed by atoms with Crippen molar-refractivity contribution in [2.45, 2.75) is 13.0 Å². The van der Waals surface area contributed by atoms with Crippen molar-refractivity contribution in [1.82, 2.24) is 4.90 Å². The minimum absolute atomic E-state index is 1.10. The zero-order chi connectivity index (χ0) is 8.39. The van der Waals surface area contributed by atoms with Gasteiger partial charge in [0.15, 0.2) is 0 Å². The maximum Gasteiger partial charge on any atom is 0.0244 e. The molecule has 1 aromatic rings. The summed E-state index contributed by atoms with van der Waals surface area (Å²) in [4.78, 5) is 2.46. The highest BCUT2D eigenvalue weighted by atomic mass is 79.9. The molecule has 1 nitrogen and oxygen atoms in total. The van der Waals surface area contributed by atoms with Crippen molar-refractivity contribution in [3.63, 3.8) is 0 Å². The number of hydrogen-bond donors (Lipinski definition) is 0. The Hall–Kier alpha value is -0.340. The van der Waals surface area contributed by atoms with Gasteiger partial charge in [0.05, 0.1) is 0 Å². The molecular formula is C10H12BrN. The van der Waals surface area contributed by atoms with Crippen LogP contribution in [0.1, 0.15) is 12.0 Å². The predicted octanol–water partition coefficient (Wildman–Crippen LogP) is 2.65. The molecule has 2 rings (SSSR count). The Labute approximate surface area is 81.5 Å². The van der Waals surface area contributed by atoms with E-state index in [9.17, 15) is 0 Å². The van der Waals surface area contributed by atoms with E-state index in [2.05, 4.69) is 45.1 Å². The first-order valence-electron chi connectivity index (χ1n) is 4.32. The van der Waals surface area contributed by atoms with Gasteiger partial charge in [0.2, 0.25) is 0 Å². The van der Waals surface area contributed by atoms with E-state index in [1.54, 1.807) is 0 Å². The number of nitrogens with zero attached hydrogens (tertiary/aromatic N) is 1. The minimum atomic E-state index is 1.10. The number of hydrogen-bond acceptors (Lipinski definition) is 1. The predicted molar refractivity (Wildman–Crippen MR) is 54.0 cm³/mol. The van der Waals surface area contributed by atoms with Crippen LogP contribution in [0.15, 0.2) is 28.7 Å². The maximum absolute atomic E-state index is 3.55. The lowest BCUT2D eigenvalue weighted by molar-refractivity contribution is 0.172. The summed E-state index contributed by atoms with van der Waals surface area (Å²) < 4.78 is 1.23. The standard InChI is InChI=1S/C10H12BrN/c11-10-5-2-1-4-9(10)8-12-6-3-7-12/h1-2,4-5H,3,6-8H2. The fourth-order valence-electron chi connectivity index (χ4n) is 1.41. The number of halogens is 1. The molecule has 0 bridgehead atoms.